The number of aryl methyl sites for hydroxylation is 1. The molecule has 0 aliphatic carbocycles. The molecule has 1 aromatic heterocycles. The number of rotatable bonds is 5. The molecule has 1 heterocycles. The van der Waals surface area contributed by atoms with Gasteiger partial charge in [-0.25, -0.2) is 9.48 Å². The molecule has 0 amide bonds. The van der Waals surface area contributed by atoms with E-state index in [-0.39, 0.29) is 12.3 Å². The van der Waals surface area contributed by atoms with Gasteiger partial charge in [0, 0.05) is 5.02 Å². The third kappa shape index (κ3) is 3.49. The quantitative estimate of drug-likeness (QED) is 0.629. The van der Waals surface area contributed by atoms with Crippen molar-refractivity contribution in [2.45, 2.75) is 20.4 Å². The molecule has 6 heteroatoms. The van der Waals surface area contributed by atoms with Crippen molar-refractivity contribution in [1.82, 2.24) is 15.0 Å². The number of nitrogens with zero attached hydrogens (tertiary/aromatic N) is 3. The summed E-state index contributed by atoms with van der Waals surface area (Å²) in [5, 5.41) is 8.53. The Morgan fingerprint density at radius 2 is 2.24 bits per heavy atom. The maximum Gasteiger partial charge on any atom is 0.361 e. The van der Waals surface area contributed by atoms with Crippen LogP contribution in [0.2, 0.25) is 5.02 Å². The molecule has 1 aromatic carbocycles. The van der Waals surface area contributed by atoms with Crippen LogP contribution in [0.15, 0.2) is 30.9 Å². The first-order chi connectivity index (χ1) is 10.0. The first-order valence-corrected chi connectivity index (χ1v) is 6.84. The molecule has 0 spiro atoms. The molecule has 0 saturated carbocycles. The lowest BCUT2D eigenvalue weighted by atomic mass is 10.1. The van der Waals surface area contributed by atoms with Crippen LogP contribution >= 0.6 is 11.6 Å². The Morgan fingerprint density at radius 1 is 1.48 bits per heavy atom. The van der Waals surface area contributed by atoms with Gasteiger partial charge in [0.15, 0.2) is 5.69 Å². The predicted octanol–water partition coefficient (Wildman–Crippen LogP) is 2.94. The lowest BCUT2D eigenvalue weighted by molar-refractivity contribution is 0.0542. The fourth-order valence-electron chi connectivity index (χ4n) is 1.84. The van der Waals surface area contributed by atoms with Gasteiger partial charge in [-0.2, -0.15) is 0 Å². The second-order valence-corrected chi connectivity index (χ2v) is 5.07. The van der Waals surface area contributed by atoms with Gasteiger partial charge in [0.05, 0.1) is 12.2 Å². The Kier molecular flexibility index (Phi) is 4.75. The molecule has 0 saturated heterocycles. The van der Waals surface area contributed by atoms with E-state index in [1.165, 1.54) is 6.08 Å². The van der Waals surface area contributed by atoms with Crippen molar-refractivity contribution in [3.63, 3.8) is 0 Å². The highest BCUT2D eigenvalue weighted by molar-refractivity contribution is 6.31. The molecule has 0 aliphatic rings. The molecule has 0 fully saturated rings. The molecule has 2 rings (SSSR count). The molecule has 0 atom stereocenters. The van der Waals surface area contributed by atoms with E-state index in [0.717, 1.165) is 11.1 Å². The fraction of sp³-hybridized carbons (Fsp3) is 0.267. The fourth-order valence-corrected chi connectivity index (χ4v) is 2.14. The van der Waals surface area contributed by atoms with Gasteiger partial charge in [-0.3, -0.25) is 0 Å². The number of esters is 1. The van der Waals surface area contributed by atoms with E-state index in [4.69, 9.17) is 16.3 Å². The summed E-state index contributed by atoms with van der Waals surface area (Å²) in [6.07, 6.45) is 1.50. The summed E-state index contributed by atoms with van der Waals surface area (Å²) in [5.74, 6) is -0.506. The molecule has 0 radical (unpaired) electrons. The zero-order valence-electron chi connectivity index (χ0n) is 12.0. The highest BCUT2D eigenvalue weighted by Gasteiger charge is 2.18. The number of carbonyl (C=O) groups is 1. The monoisotopic (exact) mass is 305 g/mol. The topological polar surface area (TPSA) is 57.0 Å². The second-order valence-electron chi connectivity index (χ2n) is 4.66. The average Bonchev–Trinajstić information content (AvgIpc) is 2.81. The van der Waals surface area contributed by atoms with Crippen molar-refractivity contribution in [2.24, 2.45) is 0 Å². The van der Waals surface area contributed by atoms with Crippen molar-refractivity contribution in [3.05, 3.63) is 58.4 Å². The number of aromatic nitrogens is 3. The molecular weight excluding hydrogens is 290 g/mol. The Labute approximate surface area is 128 Å². The van der Waals surface area contributed by atoms with Crippen LogP contribution in [0.25, 0.3) is 0 Å². The molecule has 110 valence electrons. The molecule has 0 unspecified atom stereocenters. The van der Waals surface area contributed by atoms with E-state index >= 15 is 0 Å². The van der Waals surface area contributed by atoms with E-state index in [1.54, 1.807) is 11.6 Å². The highest BCUT2D eigenvalue weighted by Crippen LogP contribution is 2.19. The summed E-state index contributed by atoms with van der Waals surface area (Å²) in [6.45, 7) is 7.84. The number of benzene rings is 1. The minimum Gasteiger partial charge on any atom is -0.457 e. The van der Waals surface area contributed by atoms with Gasteiger partial charge < -0.3 is 4.74 Å². The van der Waals surface area contributed by atoms with Gasteiger partial charge in [-0.05, 0) is 31.0 Å². The normalized spacial score (nSPS) is 10.4. The van der Waals surface area contributed by atoms with E-state index in [2.05, 4.69) is 16.9 Å². The molecular formula is C15H16ClN3O2. The summed E-state index contributed by atoms with van der Waals surface area (Å²) in [6, 6.07) is 5.81. The van der Waals surface area contributed by atoms with Crippen LogP contribution in [-0.2, 0) is 11.3 Å². The van der Waals surface area contributed by atoms with Gasteiger partial charge >= 0.3 is 5.97 Å². The van der Waals surface area contributed by atoms with Crippen molar-refractivity contribution in [2.75, 3.05) is 6.61 Å². The van der Waals surface area contributed by atoms with Crippen LogP contribution in [0.4, 0.5) is 0 Å². The highest BCUT2D eigenvalue weighted by atomic mass is 35.5. The molecule has 0 N–H and O–H groups in total. The van der Waals surface area contributed by atoms with E-state index in [0.29, 0.717) is 17.3 Å². The number of carbonyl (C=O) groups excluding carboxylic acids is 1. The Balaban J connectivity index is 2.20. The first-order valence-electron chi connectivity index (χ1n) is 6.46. The SMILES string of the molecule is C=CCOC(=O)c1nnn(Cc2ccc(C)cc2Cl)c1C. The van der Waals surface area contributed by atoms with Crippen molar-refractivity contribution < 1.29 is 9.53 Å². The van der Waals surface area contributed by atoms with E-state index in [1.807, 2.05) is 25.1 Å². The van der Waals surface area contributed by atoms with E-state index in [9.17, 15) is 4.79 Å². The molecule has 0 aliphatic heterocycles. The smallest absolute Gasteiger partial charge is 0.361 e. The van der Waals surface area contributed by atoms with Crippen molar-refractivity contribution in [1.29, 1.82) is 0 Å². The summed E-state index contributed by atoms with van der Waals surface area (Å²) in [5.41, 5.74) is 2.86. The van der Waals surface area contributed by atoms with Crippen LogP contribution in [0.3, 0.4) is 0 Å². The minimum atomic E-state index is -0.506. The summed E-state index contributed by atoms with van der Waals surface area (Å²) in [4.78, 5) is 11.8. The molecule has 2 aromatic rings. The molecule has 0 bridgehead atoms. The number of hydrogen-bond donors (Lipinski definition) is 0. The van der Waals surface area contributed by atoms with Crippen LogP contribution in [0.1, 0.15) is 27.3 Å². The number of halogens is 1. The average molecular weight is 306 g/mol. The zero-order valence-corrected chi connectivity index (χ0v) is 12.7. The lowest BCUT2D eigenvalue weighted by Gasteiger charge is -2.07. The van der Waals surface area contributed by atoms with Crippen LogP contribution in [0, 0.1) is 13.8 Å². The molecule has 21 heavy (non-hydrogen) atoms. The number of ether oxygens (including phenoxy) is 1. The maximum absolute atomic E-state index is 11.8. The van der Waals surface area contributed by atoms with Crippen LogP contribution < -0.4 is 0 Å². The lowest BCUT2D eigenvalue weighted by Crippen LogP contribution is -2.09. The number of hydrogen-bond acceptors (Lipinski definition) is 4. The second kappa shape index (κ2) is 6.54. The summed E-state index contributed by atoms with van der Waals surface area (Å²) in [7, 11) is 0. The minimum absolute atomic E-state index is 0.148. The Morgan fingerprint density at radius 3 is 2.90 bits per heavy atom. The Hall–Kier alpha value is -2.14. The predicted molar refractivity (Wildman–Crippen MR) is 80.5 cm³/mol. The van der Waals surface area contributed by atoms with Crippen LogP contribution in [0.5, 0.6) is 0 Å². The van der Waals surface area contributed by atoms with Gasteiger partial charge in [0.1, 0.15) is 6.61 Å². The summed E-state index contributed by atoms with van der Waals surface area (Å²) >= 11 is 6.21. The standard InChI is InChI=1S/C15H16ClN3O2/c1-4-7-21-15(20)14-11(3)19(18-17-14)9-12-6-5-10(2)8-13(12)16/h4-6,8H,1,7,9H2,2-3H3. The largest absolute Gasteiger partial charge is 0.457 e. The third-order valence-electron chi connectivity index (χ3n) is 3.04. The van der Waals surface area contributed by atoms with E-state index < -0.39 is 5.97 Å². The zero-order chi connectivity index (χ0) is 15.4. The van der Waals surface area contributed by atoms with Gasteiger partial charge in [0.2, 0.25) is 0 Å². The van der Waals surface area contributed by atoms with Crippen molar-refractivity contribution in [3.8, 4) is 0 Å². The first kappa shape index (κ1) is 15.3. The molecule has 5 nitrogen and oxygen atoms in total. The van der Waals surface area contributed by atoms with Gasteiger partial charge in [-0.1, -0.05) is 41.6 Å². The van der Waals surface area contributed by atoms with Crippen molar-refractivity contribution >= 4 is 17.6 Å². The third-order valence-corrected chi connectivity index (χ3v) is 3.39. The maximum atomic E-state index is 11.8. The van der Waals surface area contributed by atoms with Gasteiger partial charge in [-0.15, -0.1) is 5.10 Å². The van der Waals surface area contributed by atoms with Crippen LogP contribution in [-0.4, -0.2) is 27.6 Å². The summed E-state index contributed by atoms with van der Waals surface area (Å²) < 4.78 is 6.59. The van der Waals surface area contributed by atoms with Gasteiger partial charge in [0.25, 0.3) is 0 Å². The Bertz CT molecular complexity index is 680.